The summed E-state index contributed by atoms with van der Waals surface area (Å²) in [7, 11) is 0. The molecule has 86 valence electrons. The van der Waals surface area contributed by atoms with Gasteiger partial charge in [-0.3, -0.25) is 4.79 Å². The summed E-state index contributed by atoms with van der Waals surface area (Å²) in [6, 6.07) is 7.46. The highest BCUT2D eigenvalue weighted by Crippen LogP contribution is 2.18. The second-order valence-electron chi connectivity index (χ2n) is 3.90. The minimum atomic E-state index is -0.0810. The molecule has 4 nitrogen and oxygen atoms in total. The van der Waals surface area contributed by atoms with Crippen molar-refractivity contribution in [3.8, 4) is 0 Å². The van der Waals surface area contributed by atoms with E-state index >= 15 is 0 Å². The zero-order valence-corrected chi connectivity index (χ0v) is 10.8. The predicted octanol–water partition coefficient (Wildman–Crippen LogP) is 2.50. The molecule has 1 aromatic carbocycles. The third-order valence-corrected chi connectivity index (χ3v) is 3.29. The van der Waals surface area contributed by atoms with Crippen molar-refractivity contribution in [2.75, 3.05) is 0 Å². The first-order chi connectivity index (χ1) is 8.19. The molecule has 2 aromatic heterocycles. The zero-order valence-electron chi connectivity index (χ0n) is 9.20. The van der Waals surface area contributed by atoms with Gasteiger partial charge in [0.1, 0.15) is 5.65 Å². The first kappa shape index (κ1) is 10.5. The molecule has 0 aliphatic rings. The number of rotatable bonds is 1. The highest BCUT2D eigenvalue weighted by Gasteiger charge is 2.07. The largest absolute Gasteiger partial charge is 0.306 e. The predicted molar refractivity (Wildman–Crippen MR) is 70.4 cm³/mol. The van der Waals surface area contributed by atoms with Gasteiger partial charge < -0.3 is 4.98 Å². The number of nitrogens with one attached hydrogen (secondary N) is 1. The number of benzene rings is 1. The Morgan fingerprint density at radius 3 is 3.00 bits per heavy atom. The molecule has 0 spiro atoms. The molecule has 5 heteroatoms. The minimum Gasteiger partial charge on any atom is -0.306 e. The van der Waals surface area contributed by atoms with Crippen molar-refractivity contribution in [3.05, 3.63) is 44.8 Å². The van der Waals surface area contributed by atoms with Crippen molar-refractivity contribution in [2.45, 2.75) is 13.3 Å². The number of hydrogen-bond acceptors (Lipinski definition) is 2. The van der Waals surface area contributed by atoms with Crippen LogP contribution in [0.2, 0.25) is 0 Å². The summed E-state index contributed by atoms with van der Waals surface area (Å²) in [5.41, 5.74) is 2.44. The molecule has 0 saturated heterocycles. The van der Waals surface area contributed by atoms with Gasteiger partial charge in [0.05, 0.1) is 16.6 Å². The van der Waals surface area contributed by atoms with Crippen LogP contribution in [0, 0.1) is 0 Å². The van der Waals surface area contributed by atoms with Crippen LogP contribution in [-0.4, -0.2) is 14.6 Å². The lowest BCUT2D eigenvalue weighted by Gasteiger charge is -2.01. The van der Waals surface area contributed by atoms with Gasteiger partial charge in [0.25, 0.3) is 5.56 Å². The highest BCUT2D eigenvalue weighted by atomic mass is 79.9. The monoisotopic (exact) mass is 291 g/mol. The van der Waals surface area contributed by atoms with Crippen molar-refractivity contribution in [2.24, 2.45) is 0 Å². The molecular weight excluding hydrogens is 282 g/mol. The molecule has 0 bridgehead atoms. The van der Waals surface area contributed by atoms with E-state index in [1.165, 1.54) is 0 Å². The smallest absolute Gasteiger partial charge is 0.259 e. The quantitative estimate of drug-likeness (QED) is 0.749. The van der Waals surface area contributed by atoms with Gasteiger partial charge in [-0.1, -0.05) is 22.9 Å². The van der Waals surface area contributed by atoms with E-state index in [2.05, 4.69) is 26.0 Å². The summed E-state index contributed by atoms with van der Waals surface area (Å²) >= 11 is 3.41. The van der Waals surface area contributed by atoms with E-state index in [9.17, 15) is 4.79 Å². The molecule has 0 saturated carbocycles. The van der Waals surface area contributed by atoms with Crippen LogP contribution in [0.25, 0.3) is 16.6 Å². The number of aromatic amines is 1. The second kappa shape index (κ2) is 3.70. The van der Waals surface area contributed by atoms with Crippen LogP contribution < -0.4 is 5.56 Å². The molecule has 0 radical (unpaired) electrons. The molecule has 1 N–H and O–H groups in total. The Morgan fingerprint density at radius 1 is 1.41 bits per heavy atom. The van der Waals surface area contributed by atoms with Gasteiger partial charge >= 0.3 is 0 Å². The number of H-pyrrole nitrogens is 1. The van der Waals surface area contributed by atoms with E-state index in [4.69, 9.17) is 0 Å². The lowest BCUT2D eigenvalue weighted by Crippen LogP contribution is -2.09. The Kier molecular flexibility index (Phi) is 2.29. The fourth-order valence-electron chi connectivity index (χ4n) is 1.93. The summed E-state index contributed by atoms with van der Waals surface area (Å²) in [6.45, 7) is 2.04. The molecule has 3 rings (SSSR count). The van der Waals surface area contributed by atoms with Gasteiger partial charge in [0.2, 0.25) is 0 Å². The second-order valence-corrected chi connectivity index (χ2v) is 4.82. The number of aryl methyl sites for hydroxylation is 1. The van der Waals surface area contributed by atoms with Crippen LogP contribution in [-0.2, 0) is 6.42 Å². The van der Waals surface area contributed by atoms with Crippen LogP contribution in [0.4, 0.5) is 0 Å². The van der Waals surface area contributed by atoms with E-state index in [1.807, 2.05) is 25.1 Å². The Balaban J connectivity index is 2.55. The number of fused-ring (bicyclic) bond motifs is 3. The molecule has 0 amide bonds. The fraction of sp³-hybridized carbons (Fsp3) is 0.167. The van der Waals surface area contributed by atoms with E-state index < -0.39 is 0 Å². The summed E-state index contributed by atoms with van der Waals surface area (Å²) in [6.07, 6.45) is 0.846. The van der Waals surface area contributed by atoms with Crippen LogP contribution in [0.15, 0.2) is 33.5 Å². The standard InChI is InChI=1S/C12H10BrN3O/c1-2-8-6-11-14-12(17)9-4-3-7(13)5-10(9)16(11)15-8/h3-6H,2H2,1H3,(H,14,17). The lowest BCUT2D eigenvalue weighted by molar-refractivity contribution is 0.913. The van der Waals surface area contributed by atoms with Gasteiger partial charge in [-0.25, -0.2) is 4.52 Å². The number of halogens is 1. The van der Waals surface area contributed by atoms with Gasteiger partial charge in [0.15, 0.2) is 0 Å². The molecule has 3 aromatic rings. The Labute approximate surface area is 105 Å². The van der Waals surface area contributed by atoms with Crippen LogP contribution >= 0.6 is 15.9 Å². The van der Waals surface area contributed by atoms with Crippen molar-refractivity contribution in [1.82, 2.24) is 14.6 Å². The van der Waals surface area contributed by atoms with E-state index in [0.717, 1.165) is 27.8 Å². The summed E-state index contributed by atoms with van der Waals surface area (Å²) in [4.78, 5) is 14.7. The summed E-state index contributed by atoms with van der Waals surface area (Å²) in [5, 5.41) is 5.11. The summed E-state index contributed by atoms with van der Waals surface area (Å²) in [5.74, 6) is 0. The summed E-state index contributed by atoms with van der Waals surface area (Å²) < 4.78 is 2.71. The normalized spacial score (nSPS) is 11.4. The number of aromatic nitrogens is 3. The van der Waals surface area contributed by atoms with Gasteiger partial charge in [-0.05, 0) is 24.6 Å². The Bertz CT molecular complexity index is 772. The van der Waals surface area contributed by atoms with Crippen molar-refractivity contribution >= 4 is 32.5 Å². The van der Waals surface area contributed by atoms with Crippen molar-refractivity contribution in [3.63, 3.8) is 0 Å². The molecule has 2 heterocycles. The lowest BCUT2D eigenvalue weighted by atomic mass is 10.2. The molecule has 0 atom stereocenters. The Hall–Kier alpha value is -1.62. The van der Waals surface area contributed by atoms with Crippen molar-refractivity contribution < 1.29 is 0 Å². The van der Waals surface area contributed by atoms with E-state index in [0.29, 0.717) is 5.39 Å². The SMILES string of the molecule is CCc1cc2[nH]c(=O)c3ccc(Br)cc3n2n1. The Morgan fingerprint density at radius 2 is 2.24 bits per heavy atom. The first-order valence-electron chi connectivity index (χ1n) is 5.39. The number of hydrogen-bond donors (Lipinski definition) is 1. The fourth-order valence-corrected chi connectivity index (χ4v) is 2.28. The first-order valence-corrected chi connectivity index (χ1v) is 6.18. The van der Waals surface area contributed by atoms with Crippen LogP contribution in [0.1, 0.15) is 12.6 Å². The molecule has 0 unspecified atom stereocenters. The molecule has 17 heavy (non-hydrogen) atoms. The minimum absolute atomic E-state index is 0.0810. The van der Waals surface area contributed by atoms with Gasteiger partial charge in [0, 0.05) is 10.5 Å². The van der Waals surface area contributed by atoms with Crippen LogP contribution in [0.3, 0.4) is 0 Å². The maximum atomic E-state index is 11.9. The van der Waals surface area contributed by atoms with E-state index in [-0.39, 0.29) is 5.56 Å². The molecule has 0 fully saturated rings. The van der Waals surface area contributed by atoms with Gasteiger partial charge in [-0.2, -0.15) is 5.10 Å². The van der Waals surface area contributed by atoms with Crippen LogP contribution in [0.5, 0.6) is 0 Å². The average molecular weight is 292 g/mol. The number of nitrogens with zero attached hydrogens (tertiary/aromatic N) is 2. The average Bonchev–Trinajstić information content (AvgIpc) is 2.72. The maximum absolute atomic E-state index is 11.9. The van der Waals surface area contributed by atoms with E-state index in [1.54, 1.807) is 10.6 Å². The third-order valence-electron chi connectivity index (χ3n) is 2.80. The molecule has 0 aliphatic heterocycles. The molecule has 0 aliphatic carbocycles. The third kappa shape index (κ3) is 1.58. The van der Waals surface area contributed by atoms with Crippen molar-refractivity contribution in [1.29, 1.82) is 0 Å². The maximum Gasteiger partial charge on any atom is 0.259 e. The zero-order chi connectivity index (χ0) is 12.0. The topological polar surface area (TPSA) is 50.2 Å². The highest BCUT2D eigenvalue weighted by molar-refractivity contribution is 9.10. The van der Waals surface area contributed by atoms with Gasteiger partial charge in [-0.15, -0.1) is 0 Å². The molecular formula is C12H10BrN3O.